The fraction of sp³-hybridized carbons (Fsp3) is 0.125. The van der Waals surface area contributed by atoms with Crippen LogP contribution in [0.4, 0.5) is 5.69 Å². The van der Waals surface area contributed by atoms with Crippen molar-refractivity contribution >= 4 is 17.8 Å². The van der Waals surface area contributed by atoms with E-state index in [9.17, 15) is 4.79 Å². The van der Waals surface area contributed by atoms with E-state index in [0.717, 1.165) is 11.1 Å². The van der Waals surface area contributed by atoms with Crippen LogP contribution in [0.25, 0.3) is 0 Å². The Balaban J connectivity index is 2.07. The lowest BCUT2D eigenvalue weighted by molar-refractivity contribution is 0.0956. The Morgan fingerprint density at radius 2 is 1.95 bits per heavy atom. The maximum atomic E-state index is 11.9. The molecule has 0 aromatic heterocycles. The molecule has 0 aliphatic rings. The minimum absolute atomic E-state index is 0.316. The molecule has 3 N–H and O–H groups in total. The first kappa shape index (κ1) is 13.8. The van der Waals surface area contributed by atoms with E-state index in [-0.39, 0.29) is 5.91 Å². The summed E-state index contributed by atoms with van der Waals surface area (Å²) in [6.45, 7) is 4.04. The summed E-state index contributed by atoms with van der Waals surface area (Å²) < 4.78 is 0. The quantitative estimate of drug-likeness (QED) is 0.510. The first-order valence-electron chi connectivity index (χ1n) is 6.33. The van der Waals surface area contributed by atoms with E-state index in [2.05, 4.69) is 16.6 Å². The van der Waals surface area contributed by atoms with Crippen molar-refractivity contribution in [1.29, 1.82) is 0 Å². The van der Waals surface area contributed by atoms with Crippen molar-refractivity contribution < 1.29 is 4.79 Å². The molecule has 1 amide bonds. The fourth-order valence-corrected chi connectivity index (χ4v) is 1.89. The van der Waals surface area contributed by atoms with Crippen molar-refractivity contribution in [3.8, 4) is 0 Å². The highest BCUT2D eigenvalue weighted by Crippen LogP contribution is 2.10. The molecule has 0 saturated heterocycles. The van der Waals surface area contributed by atoms with Gasteiger partial charge in [0.05, 0.1) is 11.8 Å². The molecular weight excluding hydrogens is 250 g/mol. The predicted octanol–water partition coefficient (Wildman–Crippen LogP) is 2.65. The molecule has 2 aromatic carbocycles. The van der Waals surface area contributed by atoms with Gasteiger partial charge in [-0.1, -0.05) is 35.9 Å². The zero-order chi connectivity index (χ0) is 14.5. The number of carbonyl (C=O) groups excluding carboxylic acids is 1. The lowest BCUT2D eigenvalue weighted by Crippen LogP contribution is -2.19. The zero-order valence-electron chi connectivity index (χ0n) is 11.6. The number of hydrazone groups is 1. The van der Waals surface area contributed by atoms with Crippen LogP contribution in [-0.2, 0) is 0 Å². The molecule has 2 aromatic rings. The van der Waals surface area contributed by atoms with E-state index in [1.165, 1.54) is 5.56 Å². The molecule has 0 fully saturated rings. The van der Waals surface area contributed by atoms with Gasteiger partial charge in [0.1, 0.15) is 0 Å². The molecule has 4 heteroatoms. The first-order valence-corrected chi connectivity index (χ1v) is 6.33. The van der Waals surface area contributed by atoms with Gasteiger partial charge >= 0.3 is 0 Å². The van der Waals surface area contributed by atoms with Crippen molar-refractivity contribution in [2.24, 2.45) is 5.10 Å². The Morgan fingerprint density at radius 3 is 2.65 bits per heavy atom. The number of benzene rings is 2. The van der Waals surface area contributed by atoms with Gasteiger partial charge in [0.15, 0.2) is 0 Å². The molecule has 4 nitrogen and oxygen atoms in total. The SMILES string of the molecule is Cc1ccc(/C=N\NC(=O)c2ccccc2N)c(C)c1. The molecule has 0 spiro atoms. The second-order valence-electron chi connectivity index (χ2n) is 4.65. The molecule has 0 heterocycles. The van der Waals surface area contributed by atoms with E-state index in [1.54, 1.807) is 30.5 Å². The van der Waals surface area contributed by atoms with Crippen LogP contribution in [0.1, 0.15) is 27.0 Å². The van der Waals surface area contributed by atoms with Crippen LogP contribution in [0.2, 0.25) is 0 Å². The highest BCUT2D eigenvalue weighted by atomic mass is 16.2. The maximum absolute atomic E-state index is 11.9. The summed E-state index contributed by atoms with van der Waals surface area (Å²) in [4.78, 5) is 11.9. The number of nitrogens with two attached hydrogens (primary N) is 1. The maximum Gasteiger partial charge on any atom is 0.273 e. The number of nitrogens with one attached hydrogen (secondary N) is 1. The van der Waals surface area contributed by atoms with Crippen molar-refractivity contribution in [2.45, 2.75) is 13.8 Å². The van der Waals surface area contributed by atoms with Gasteiger partial charge in [-0.2, -0.15) is 5.10 Å². The van der Waals surface area contributed by atoms with Gasteiger partial charge in [-0.25, -0.2) is 5.43 Å². The summed E-state index contributed by atoms with van der Waals surface area (Å²) in [5.41, 5.74) is 12.3. The standard InChI is InChI=1S/C16H17N3O/c1-11-7-8-13(12(2)9-11)10-18-19-16(20)14-5-3-4-6-15(14)17/h3-10H,17H2,1-2H3,(H,19,20)/b18-10-. The Kier molecular flexibility index (Phi) is 4.15. The number of nitrogen functional groups attached to an aromatic ring is 1. The van der Waals surface area contributed by atoms with Crippen LogP contribution in [0.5, 0.6) is 0 Å². The van der Waals surface area contributed by atoms with E-state index < -0.39 is 0 Å². The molecule has 0 radical (unpaired) electrons. The molecule has 0 bridgehead atoms. The third-order valence-corrected chi connectivity index (χ3v) is 3.00. The second-order valence-corrected chi connectivity index (χ2v) is 4.65. The molecule has 20 heavy (non-hydrogen) atoms. The number of rotatable bonds is 3. The van der Waals surface area contributed by atoms with Gasteiger partial charge in [-0.15, -0.1) is 0 Å². The van der Waals surface area contributed by atoms with E-state index in [4.69, 9.17) is 5.73 Å². The smallest absolute Gasteiger partial charge is 0.273 e. The van der Waals surface area contributed by atoms with Crippen LogP contribution >= 0.6 is 0 Å². The number of carbonyl (C=O) groups is 1. The van der Waals surface area contributed by atoms with Crippen LogP contribution in [0.3, 0.4) is 0 Å². The average molecular weight is 267 g/mol. The number of para-hydroxylation sites is 1. The largest absolute Gasteiger partial charge is 0.398 e. The van der Waals surface area contributed by atoms with Crippen molar-refractivity contribution in [1.82, 2.24) is 5.43 Å². The molecule has 0 saturated carbocycles. The number of amides is 1. The summed E-state index contributed by atoms with van der Waals surface area (Å²) in [7, 11) is 0. The summed E-state index contributed by atoms with van der Waals surface area (Å²) in [5.74, 6) is -0.316. The second kappa shape index (κ2) is 6.02. The molecule has 102 valence electrons. The highest BCUT2D eigenvalue weighted by Gasteiger charge is 2.06. The Labute approximate surface area is 118 Å². The predicted molar refractivity (Wildman–Crippen MR) is 81.8 cm³/mol. The highest BCUT2D eigenvalue weighted by molar-refractivity contribution is 5.99. The van der Waals surface area contributed by atoms with Crippen LogP contribution in [-0.4, -0.2) is 12.1 Å². The molecule has 2 rings (SSSR count). The minimum Gasteiger partial charge on any atom is -0.398 e. The van der Waals surface area contributed by atoms with Crippen LogP contribution < -0.4 is 11.2 Å². The number of aryl methyl sites for hydroxylation is 2. The third-order valence-electron chi connectivity index (χ3n) is 3.00. The lowest BCUT2D eigenvalue weighted by Gasteiger charge is -2.04. The van der Waals surface area contributed by atoms with Gasteiger partial charge in [-0.3, -0.25) is 4.79 Å². The monoisotopic (exact) mass is 267 g/mol. The van der Waals surface area contributed by atoms with Crippen molar-refractivity contribution in [2.75, 3.05) is 5.73 Å². The Hall–Kier alpha value is -2.62. The number of hydrogen-bond donors (Lipinski definition) is 2. The summed E-state index contributed by atoms with van der Waals surface area (Å²) in [6, 6.07) is 12.9. The van der Waals surface area contributed by atoms with Crippen molar-refractivity contribution in [3.63, 3.8) is 0 Å². The minimum atomic E-state index is -0.316. The van der Waals surface area contributed by atoms with Crippen LogP contribution in [0.15, 0.2) is 47.6 Å². The van der Waals surface area contributed by atoms with Gasteiger partial charge < -0.3 is 5.73 Å². The van der Waals surface area contributed by atoms with Gasteiger partial charge in [0, 0.05) is 5.69 Å². The molecule has 0 aliphatic carbocycles. The average Bonchev–Trinajstić information content (AvgIpc) is 2.41. The molecule has 0 aliphatic heterocycles. The van der Waals surface area contributed by atoms with Gasteiger partial charge in [-0.05, 0) is 37.1 Å². The Morgan fingerprint density at radius 1 is 1.20 bits per heavy atom. The van der Waals surface area contributed by atoms with Gasteiger partial charge in [0.2, 0.25) is 0 Å². The molecule has 0 atom stereocenters. The van der Waals surface area contributed by atoms with E-state index in [0.29, 0.717) is 11.3 Å². The Bertz CT molecular complexity index is 663. The third kappa shape index (κ3) is 3.23. The van der Waals surface area contributed by atoms with E-state index in [1.807, 2.05) is 26.0 Å². The molecular formula is C16H17N3O. The normalized spacial score (nSPS) is 10.7. The lowest BCUT2D eigenvalue weighted by atomic mass is 10.1. The summed E-state index contributed by atoms with van der Waals surface area (Å²) in [6.07, 6.45) is 1.63. The van der Waals surface area contributed by atoms with Crippen LogP contribution in [0, 0.1) is 13.8 Å². The first-order chi connectivity index (χ1) is 9.58. The molecule has 0 unspecified atom stereocenters. The zero-order valence-corrected chi connectivity index (χ0v) is 11.6. The number of nitrogens with zero attached hydrogens (tertiary/aromatic N) is 1. The van der Waals surface area contributed by atoms with Gasteiger partial charge in [0.25, 0.3) is 5.91 Å². The number of hydrogen-bond acceptors (Lipinski definition) is 3. The number of anilines is 1. The summed E-state index contributed by atoms with van der Waals surface area (Å²) >= 11 is 0. The van der Waals surface area contributed by atoms with E-state index >= 15 is 0 Å². The topological polar surface area (TPSA) is 67.5 Å². The summed E-state index contributed by atoms with van der Waals surface area (Å²) in [5, 5.41) is 3.97. The fourth-order valence-electron chi connectivity index (χ4n) is 1.89. The van der Waals surface area contributed by atoms with Crippen molar-refractivity contribution in [3.05, 3.63) is 64.7 Å².